The second-order valence-corrected chi connectivity index (χ2v) is 5.52. The van der Waals surface area contributed by atoms with Crippen molar-refractivity contribution in [2.45, 2.75) is 19.8 Å². The van der Waals surface area contributed by atoms with Crippen molar-refractivity contribution < 1.29 is 9.15 Å². The number of ether oxygens (including phenoxy) is 1. The molecule has 5 nitrogen and oxygen atoms in total. The molecule has 1 fully saturated rings. The maximum absolute atomic E-state index is 5.73. The number of rotatable bonds is 3. The predicted molar refractivity (Wildman–Crippen MR) is 75.1 cm³/mol. The molecule has 0 unspecified atom stereocenters. The van der Waals surface area contributed by atoms with Gasteiger partial charge in [-0.05, 0) is 36.5 Å². The lowest BCUT2D eigenvalue weighted by Crippen LogP contribution is -2.33. The molecular weight excluding hydrogens is 242 g/mol. The third-order valence-electron chi connectivity index (χ3n) is 3.78. The van der Waals surface area contributed by atoms with Gasteiger partial charge < -0.3 is 20.2 Å². The quantitative estimate of drug-likeness (QED) is 0.831. The Morgan fingerprint density at radius 1 is 1.37 bits per heavy atom. The molecular formula is C14H19N3O2. The van der Waals surface area contributed by atoms with E-state index < -0.39 is 0 Å². The monoisotopic (exact) mass is 261 g/mol. The fourth-order valence-electron chi connectivity index (χ4n) is 2.35. The van der Waals surface area contributed by atoms with Crippen LogP contribution in [-0.2, 0) is 4.74 Å². The van der Waals surface area contributed by atoms with Crippen LogP contribution in [0, 0.1) is 5.41 Å². The molecule has 1 aromatic carbocycles. The Morgan fingerprint density at radius 3 is 2.95 bits per heavy atom. The number of nitrogens with one attached hydrogen (secondary N) is 1. The third-order valence-corrected chi connectivity index (χ3v) is 3.78. The summed E-state index contributed by atoms with van der Waals surface area (Å²) >= 11 is 0. The zero-order chi connectivity index (χ0) is 13.3. The van der Waals surface area contributed by atoms with Gasteiger partial charge in [0.25, 0.3) is 6.01 Å². The first-order valence-electron chi connectivity index (χ1n) is 6.62. The van der Waals surface area contributed by atoms with Gasteiger partial charge in [-0.2, -0.15) is 4.98 Å². The lowest BCUT2D eigenvalue weighted by molar-refractivity contribution is 0.0298. The van der Waals surface area contributed by atoms with Crippen LogP contribution in [0.4, 0.5) is 11.7 Å². The molecule has 1 aliphatic heterocycles. The number of aromatic nitrogens is 1. The Kier molecular flexibility index (Phi) is 3.06. The van der Waals surface area contributed by atoms with Crippen molar-refractivity contribution >= 4 is 22.8 Å². The number of nitrogen functional groups attached to an aromatic ring is 1. The summed E-state index contributed by atoms with van der Waals surface area (Å²) in [5.41, 5.74) is 8.22. The molecule has 0 bridgehead atoms. The minimum absolute atomic E-state index is 0.248. The number of fused-ring (bicyclic) bond motifs is 1. The minimum Gasteiger partial charge on any atom is -0.424 e. The summed E-state index contributed by atoms with van der Waals surface area (Å²) in [4.78, 5) is 4.40. The maximum Gasteiger partial charge on any atom is 0.295 e. The van der Waals surface area contributed by atoms with Crippen LogP contribution < -0.4 is 11.1 Å². The predicted octanol–water partition coefficient (Wildman–Crippen LogP) is 2.64. The fourth-order valence-corrected chi connectivity index (χ4v) is 2.35. The van der Waals surface area contributed by atoms with Crippen LogP contribution in [0.1, 0.15) is 19.8 Å². The lowest BCUT2D eigenvalue weighted by atomic mass is 9.82. The fraction of sp³-hybridized carbons (Fsp3) is 0.500. The normalized spacial score (nSPS) is 18.6. The standard InChI is InChI=1S/C14H19N3O2/c1-14(4-6-18-7-5-14)9-16-13-17-11-8-10(15)2-3-12(11)19-13/h2-3,8H,4-7,9,15H2,1H3,(H,16,17). The summed E-state index contributed by atoms with van der Waals surface area (Å²) in [6.07, 6.45) is 2.13. The van der Waals surface area contributed by atoms with E-state index in [2.05, 4.69) is 17.2 Å². The Morgan fingerprint density at radius 2 is 2.16 bits per heavy atom. The number of nitrogens with zero attached hydrogens (tertiary/aromatic N) is 1. The highest BCUT2D eigenvalue weighted by Gasteiger charge is 2.27. The average molecular weight is 261 g/mol. The number of oxazole rings is 1. The number of hydrogen-bond donors (Lipinski definition) is 2. The summed E-state index contributed by atoms with van der Waals surface area (Å²) < 4.78 is 11.0. The minimum atomic E-state index is 0.248. The zero-order valence-electron chi connectivity index (χ0n) is 11.1. The van der Waals surface area contributed by atoms with Crippen molar-refractivity contribution in [2.75, 3.05) is 30.8 Å². The van der Waals surface area contributed by atoms with Crippen LogP contribution in [-0.4, -0.2) is 24.7 Å². The smallest absolute Gasteiger partial charge is 0.295 e. The Balaban J connectivity index is 1.71. The van der Waals surface area contributed by atoms with Crippen molar-refractivity contribution in [3.8, 4) is 0 Å². The van der Waals surface area contributed by atoms with Crippen molar-refractivity contribution in [3.05, 3.63) is 18.2 Å². The second-order valence-electron chi connectivity index (χ2n) is 5.52. The first-order valence-corrected chi connectivity index (χ1v) is 6.62. The van der Waals surface area contributed by atoms with Gasteiger partial charge in [0.05, 0.1) is 0 Å². The second kappa shape index (κ2) is 4.74. The van der Waals surface area contributed by atoms with E-state index in [9.17, 15) is 0 Å². The van der Waals surface area contributed by atoms with Crippen molar-refractivity contribution in [3.63, 3.8) is 0 Å². The molecule has 19 heavy (non-hydrogen) atoms. The third kappa shape index (κ3) is 2.66. The molecule has 0 aliphatic carbocycles. The lowest BCUT2D eigenvalue weighted by Gasteiger charge is -2.33. The summed E-state index contributed by atoms with van der Waals surface area (Å²) in [5, 5.41) is 3.29. The van der Waals surface area contributed by atoms with Gasteiger partial charge in [-0.3, -0.25) is 0 Å². The van der Waals surface area contributed by atoms with Gasteiger partial charge in [0, 0.05) is 25.4 Å². The van der Waals surface area contributed by atoms with E-state index in [1.54, 1.807) is 0 Å². The maximum atomic E-state index is 5.73. The van der Waals surface area contributed by atoms with E-state index in [4.69, 9.17) is 14.9 Å². The molecule has 3 rings (SSSR count). The molecule has 2 aromatic rings. The van der Waals surface area contributed by atoms with Crippen LogP contribution in [0.5, 0.6) is 0 Å². The number of hydrogen-bond acceptors (Lipinski definition) is 5. The highest BCUT2D eigenvalue weighted by molar-refractivity contribution is 5.78. The molecule has 1 aromatic heterocycles. The SMILES string of the molecule is CC1(CNc2nc3cc(N)ccc3o2)CCOCC1. The van der Waals surface area contributed by atoms with Crippen LogP contribution in [0.3, 0.4) is 0 Å². The van der Waals surface area contributed by atoms with E-state index in [0.29, 0.717) is 11.7 Å². The van der Waals surface area contributed by atoms with E-state index in [0.717, 1.165) is 43.7 Å². The first kappa shape index (κ1) is 12.3. The molecule has 0 amide bonds. The van der Waals surface area contributed by atoms with Crippen LogP contribution in [0.2, 0.25) is 0 Å². The molecule has 0 spiro atoms. The number of anilines is 2. The van der Waals surface area contributed by atoms with Crippen LogP contribution in [0.15, 0.2) is 22.6 Å². The molecule has 0 atom stereocenters. The Labute approximate surface area is 112 Å². The van der Waals surface area contributed by atoms with Crippen molar-refractivity contribution in [2.24, 2.45) is 5.41 Å². The van der Waals surface area contributed by atoms with Crippen LogP contribution >= 0.6 is 0 Å². The van der Waals surface area contributed by atoms with Gasteiger partial charge in [0.1, 0.15) is 5.52 Å². The van der Waals surface area contributed by atoms with Gasteiger partial charge in [0.15, 0.2) is 5.58 Å². The highest BCUT2D eigenvalue weighted by Crippen LogP contribution is 2.30. The summed E-state index contributed by atoms with van der Waals surface area (Å²) in [5.74, 6) is 0. The molecule has 102 valence electrons. The van der Waals surface area contributed by atoms with Gasteiger partial charge in [-0.25, -0.2) is 0 Å². The summed E-state index contributed by atoms with van der Waals surface area (Å²) in [7, 11) is 0. The zero-order valence-corrected chi connectivity index (χ0v) is 11.1. The van der Waals surface area contributed by atoms with Crippen molar-refractivity contribution in [1.82, 2.24) is 4.98 Å². The van der Waals surface area contributed by atoms with E-state index in [1.165, 1.54) is 0 Å². The number of nitrogens with two attached hydrogens (primary N) is 1. The van der Waals surface area contributed by atoms with Gasteiger partial charge >= 0.3 is 0 Å². The number of benzene rings is 1. The Bertz CT molecular complexity index is 573. The van der Waals surface area contributed by atoms with Gasteiger partial charge in [0.2, 0.25) is 0 Å². The van der Waals surface area contributed by atoms with Crippen molar-refractivity contribution in [1.29, 1.82) is 0 Å². The largest absolute Gasteiger partial charge is 0.424 e. The van der Waals surface area contributed by atoms with E-state index in [1.807, 2.05) is 18.2 Å². The molecule has 2 heterocycles. The van der Waals surface area contributed by atoms with Crippen LogP contribution in [0.25, 0.3) is 11.1 Å². The summed E-state index contributed by atoms with van der Waals surface area (Å²) in [6, 6.07) is 6.05. The van der Waals surface area contributed by atoms with E-state index in [-0.39, 0.29) is 5.41 Å². The molecule has 5 heteroatoms. The first-order chi connectivity index (χ1) is 9.15. The van der Waals surface area contributed by atoms with Gasteiger partial charge in [-0.15, -0.1) is 0 Å². The highest BCUT2D eigenvalue weighted by atomic mass is 16.5. The molecule has 3 N–H and O–H groups in total. The Hall–Kier alpha value is -1.75. The topological polar surface area (TPSA) is 73.3 Å². The summed E-state index contributed by atoms with van der Waals surface area (Å²) in [6.45, 7) is 4.78. The van der Waals surface area contributed by atoms with Gasteiger partial charge in [-0.1, -0.05) is 6.92 Å². The molecule has 1 aliphatic rings. The van der Waals surface area contributed by atoms with E-state index >= 15 is 0 Å². The average Bonchev–Trinajstić information content (AvgIpc) is 2.79. The molecule has 1 saturated heterocycles. The molecule has 0 radical (unpaired) electrons. The molecule has 0 saturated carbocycles.